The van der Waals surface area contributed by atoms with Crippen LogP contribution in [0, 0.1) is 5.82 Å². The van der Waals surface area contributed by atoms with Crippen LogP contribution >= 0.6 is 0 Å². The van der Waals surface area contributed by atoms with E-state index < -0.39 is 5.82 Å². The van der Waals surface area contributed by atoms with Crippen LogP contribution in [0.2, 0.25) is 0 Å². The van der Waals surface area contributed by atoms with Crippen molar-refractivity contribution in [2.24, 2.45) is 5.73 Å². The van der Waals surface area contributed by atoms with E-state index in [0.717, 1.165) is 5.56 Å². The van der Waals surface area contributed by atoms with Crippen LogP contribution in [0.5, 0.6) is 5.75 Å². The first-order chi connectivity index (χ1) is 10.1. The van der Waals surface area contributed by atoms with E-state index in [-0.39, 0.29) is 18.4 Å². The topological polar surface area (TPSA) is 70.5 Å². The maximum atomic E-state index is 13.9. The van der Waals surface area contributed by atoms with E-state index in [2.05, 4.69) is 5.16 Å². The second-order valence-corrected chi connectivity index (χ2v) is 4.92. The van der Waals surface area contributed by atoms with Crippen LogP contribution in [0.3, 0.4) is 0 Å². The number of nitrogens with two attached hydrogens (primary N) is 1. The van der Waals surface area contributed by atoms with E-state index in [4.69, 9.17) is 19.7 Å². The monoisotopic (exact) mass is 294 g/mol. The Kier molecular flexibility index (Phi) is 5.30. The van der Waals surface area contributed by atoms with Gasteiger partial charge in [-0.3, -0.25) is 0 Å². The first-order valence-corrected chi connectivity index (χ1v) is 6.69. The molecule has 0 saturated heterocycles. The third kappa shape index (κ3) is 4.27. The number of nitrogens with zero attached hydrogens (tertiary/aromatic N) is 1. The molecule has 0 radical (unpaired) electrons. The number of benzene rings is 1. The van der Waals surface area contributed by atoms with Gasteiger partial charge in [0, 0.05) is 19.2 Å². The minimum atomic E-state index is -0.409. The van der Waals surface area contributed by atoms with Crippen molar-refractivity contribution < 1.29 is 18.4 Å². The summed E-state index contributed by atoms with van der Waals surface area (Å²) in [6.07, 6.45) is 0.542. The molecule has 1 aromatic heterocycles. The summed E-state index contributed by atoms with van der Waals surface area (Å²) < 4.78 is 29.4. The summed E-state index contributed by atoms with van der Waals surface area (Å²) in [5, 5.41) is 3.84. The molecule has 6 heteroatoms. The summed E-state index contributed by atoms with van der Waals surface area (Å²) >= 11 is 0. The lowest BCUT2D eigenvalue weighted by atomic mass is 10.1. The van der Waals surface area contributed by atoms with Crippen LogP contribution in [0.4, 0.5) is 4.39 Å². The van der Waals surface area contributed by atoms with Crippen molar-refractivity contribution in [1.29, 1.82) is 0 Å². The van der Waals surface area contributed by atoms with Crippen molar-refractivity contribution in [2.45, 2.75) is 32.6 Å². The number of hydrogen-bond donors (Lipinski definition) is 1. The molecule has 1 atom stereocenters. The highest BCUT2D eigenvalue weighted by Gasteiger charge is 2.13. The number of ether oxygens (including phenoxy) is 2. The summed E-state index contributed by atoms with van der Waals surface area (Å²) in [5.41, 5.74) is 7.09. The minimum Gasteiger partial charge on any atom is -0.484 e. The number of halogens is 1. The number of aromatic nitrogens is 1. The highest BCUT2D eigenvalue weighted by molar-refractivity contribution is 5.35. The fourth-order valence-electron chi connectivity index (χ4n) is 2.00. The molecule has 0 spiro atoms. The number of para-hydroxylation sites is 1. The normalized spacial score (nSPS) is 12.4. The average molecular weight is 294 g/mol. The smallest absolute Gasteiger partial charge is 0.165 e. The fourth-order valence-corrected chi connectivity index (χ4v) is 2.00. The van der Waals surface area contributed by atoms with Gasteiger partial charge in [-0.1, -0.05) is 17.3 Å². The van der Waals surface area contributed by atoms with Gasteiger partial charge in [0.1, 0.15) is 18.9 Å². The highest BCUT2D eigenvalue weighted by Crippen LogP contribution is 2.24. The third-order valence-corrected chi connectivity index (χ3v) is 2.85. The Labute approximate surface area is 122 Å². The quantitative estimate of drug-likeness (QED) is 0.849. The van der Waals surface area contributed by atoms with E-state index in [1.165, 1.54) is 6.07 Å². The molecule has 0 aliphatic carbocycles. The molecule has 114 valence electrons. The van der Waals surface area contributed by atoms with Crippen LogP contribution in [0.25, 0.3) is 0 Å². The predicted octanol–water partition coefficient (Wildman–Crippen LogP) is 2.43. The second-order valence-electron chi connectivity index (χ2n) is 4.92. The van der Waals surface area contributed by atoms with Crippen LogP contribution in [-0.4, -0.2) is 18.3 Å². The van der Waals surface area contributed by atoms with Gasteiger partial charge in [-0.15, -0.1) is 0 Å². The van der Waals surface area contributed by atoms with Gasteiger partial charge in [0.05, 0.1) is 0 Å². The lowest BCUT2D eigenvalue weighted by molar-refractivity contribution is 0.155. The fraction of sp³-hybridized carbons (Fsp3) is 0.400. The Bertz CT molecular complexity index is 584. The molecule has 5 nitrogen and oxygen atoms in total. The van der Waals surface area contributed by atoms with Crippen molar-refractivity contribution in [3.63, 3.8) is 0 Å². The van der Waals surface area contributed by atoms with Crippen LogP contribution in [-0.2, 0) is 24.4 Å². The van der Waals surface area contributed by atoms with Crippen molar-refractivity contribution >= 4 is 0 Å². The zero-order chi connectivity index (χ0) is 15.2. The van der Waals surface area contributed by atoms with Gasteiger partial charge in [-0.2, -0.15) is 0 Å². The van der Waals surface area contributed by atoms with Crippen LogP contribution in [0.15, 0.2) is 28.8 Å². The Hall–Kier alpha value is -1.92. The Balaban J connectivity index is 2.07. The van der Waals surface area contributed by atoms with Crippen molar-refractivity contribution in [3.05, 3.63) is 47.1 Å². The van der Waals surface area contributed by atoms with Gasteiger partial charge in [-0.05, 0) is 25.0 Å². The SMILES string of the molecule is COCc1cc(COc2c(F)cccc2CC(C)N)no1. The van der Waals surface area contributed by atoms with E-state index in [9.17, 15) is 4.39 Å². The molecule has 0 aliphatic rings. The molecule has 2 rings (SSSR count). The van der Waals surface area contributed by atoms with Gasteiger partial charge < -0.3 is 19.7 Å². The zero-order valence-electron chi connectivity index (χ0n) is 12.1. The first-order valence-electron chi connectivity index (χ1n) is 6.69. The predicted molar refractivity (Wildman–Crippen MR) is 75.3 cm³/mol. The van der Waals surface area contributed by atoms with Gasteiger partial charge in [0.25, 0.3) is 0 Å². The van der Waals surface area contributed by atoms with Crippen molar-refractivity contribution in [3.8, 4) is 5.75 Å². The van der Waals surface area contributed by atoms with Gasteiger partial charge in [0.15, 0.2) is 17.3 Å². The molecule has 0 fully saturated rings. The van der Waals surface area contributed by atoms with E-state index >= 15 is 0 Å². The summed E-state index contributed by atoms with van der Waals surface area (Å²) in [6.45, 7) is 2.33. The van der Waals surface area contributed by atoms with E-state index in [0.29, 0.717) is 24.5 Å². The first kappa shape index (κ1) is 15.5. The van der Waals surface area contributed by atoms with E-state index in [1.807, 2.05) is 6.92 Å². The molecular weight excluding hydrogens is 275 g/mol. The molecule has 1 aromatic carbocycles. The highest BCUT2D eigenvalue weighted by atomic mass is 19.1. The van der Waals surface area contributed by atoms with Gasteiger partial charge in [-0.25, -0.2) is 4.39 Å². The molecule has 0 saturated carbocycles. The summed E-state index contributed by atoms with van der Waals surface area (Å²) in [4.78, 5) is 0. The Morgan fingerprint density at radius 3 is 2.90 bits per heavy atom. The molecule has 0 bridgehead atoms. The molecule has 2 N–H and O–H groups in total. The number of rotatable bonds is 7. The standard InChI is InChI=1S/C15H19FN2O3/c1-10(17)6-11-4-3-5-14(16)15(11)20-8-12-7-13(9-19-2)21-18-12/h3-5,7,10H,6,8-9,17H2,1-2H3. The lowest BCUT2D eigenvalue weighted by Gasteiger charge is -2.13. The average Bonchev–Trinajstić information content (AvgIpc) is 2.86. The minimum absolute atomic E-state index is 0.0745. The summed E-state index contributed by atoms with van der Waals surface area (Å²) in [7, 11) is 1.57. The van der Waals surface area contributed by atoms with E-state index in [1.54, 1.807) is 25.3 Å². The van der Waals surface area contributed by atoms with Crippen LogP contribution in [0.1, 0.15) is 23.9 Å². The molecule has 1 unspecified atom stereocenters. The molecule has 0 amide bonds. The maximum absolute atomic E-state index is 13.9. The van der Waals surface area contributed by atoms with Crippen molar-refractivity contribution in [2.75, 3.05) is 7.11 Å². The molecule has 0 aliphatic heterocycles. The Morgan fingerprint density at radius 2 is 2.19 bits per heavy atom. The Morgan fingerprint density at radius 1 is 1.38 bits per heavy atom. The maximum Gasteiger partial charge on any atom is 0.165 e. The van der Waals surface area contributed by atoms with Gasteiger partial charge in [0.2, 0.25) is 0 Å². The molecule has 1 heterocycles. The lowest BCUT2D eigenvalue weighted by Crippen LogP contribution is -2.18. The second kappa shape index (κ2) is 7.19. The number of methoxy groups -OCH3 is 1. The summed E-state index contributed by atoms with van der Waals surface area (Å²) in [6, 6.07) is 6.46. The van der Waals surface area contributed by atoms with Crippen LogP contribution < -0.4 is 10.5 Å². The third-order valence-electron chi connectivity index (χ3n) is 2.85. The molecule has 2 aromatic rings. The number of hydrogen-bond acceptors (Lipinski definition) is 5. The van der Waals surface area contributed by atoms with Gasteiger partial charge >= 0.3 is 0 Å². The largest absolute Gasteiger partial charge is 0.484 e. The zero-order valence-corrected chi connectivity index (χ0v) is 12.1. The summed E-state index contributed by atoms with van der Waals surface area (Å²) in [5.74, 6) is 0.403. The molecular formula is C15H19FN2O3. The van der Waals surface area contributed by atoms with Crippen molar-refractivity contribution in [1.82, 2.24) is 5.16 Å². The molecule has 21 heavy (non-hydrogen) atoms.